The Kier molecular flexibility index (Phi) is 5.79. The van der Waals surface area contributed by atoms with E-state index in [4.69, 9.17) is 0 Å². The summed E-state index contributed by atoms with van der Waals surface area (Å²) in [6.45, 7) is 2.62. The number of ether oxygens (including phenoxy) is 1. The smallest absolute Gasteiger partial charge is 0.334 e. The lowest BCUT2D eigenvalue weighted by Crippen LogP contribution is -2.40. The number of carbonyl (C=O) groups excluding carboxylic acids is 1. The summed E-state index contributed by atoms with van der Waals surface area (Å²) in [6, 6.07) is 12.6. The first-order valence-electron chi connectivity index (χ1n) is 8.65. The predicted molar refractivity (Wildman–Crippen MR) is 95.7 cm³/mol. The molecule has 132 valence electrons. The zero-order valence-electron chi connectivity index (χ0n) is 14.5. The molecule has 2 aromatic rings. The van der Waals surface area contributed by atoms with E-state index in [9.17, 15) is 9.90 Å². The van der Waals surface area contributed by atoms with E-state index in [1.54, 1.807) is 12.4 Å². The summed E-state index contributed by atoms with van der Waals surface area (Å²) in [6.07, 6.45) is 4.22. The molecule has 1 aliphatic heterocycles. The number of aliphatic hydroxyl groups is 1. The van der Waals surface area contributed by atoms with E-state index in [0.29, 0.717) is 0 Å². The summed E-state index contributed by atoms with van der Waals surface area (Å²) in [5, 5.41) is 9.98. The zero-order chi connectivity index (χ0) is 17.6. The molecule has 1 aliphatic rings. The van der Waals surface area contributed by atoms with E-state index >= 15 is 0 Å². The molecule has 0 amide bonds. The molecule has 0 radical (unpaired) electrons. The topological polar surface area (TPSA) is 62.7 Å². The van der Waals surface area contributed by atoms with Crippen LogP contribution in [0.2, 0.25) is 0 Å². The fourth-order valence-corrected chi connectivity index (χ4v) is 3.39. The van der Waals surface area contributed by atoms with Crippen LogP contribution in [-0.4, -0.2) is 47.3 Å². The number of rotatable bonds is 5. The van der Waals surface area contributed by atoms with Crippen LogP contribution >= 0.6 is 0 Å². The molecular formula is C20H24N2O3. The largest absolute Gasteiger partial charge is 0.467 e. The summed E-state index contributed by atoms with van der Waals surface area (Å²) >= 11 is 0. The predicted octanol–water partition coefficient (Wildman–Crippen LogP) is 2.49. The van der Waals surface area contributed by atoms with Crippen molar-refractivity contribution in [2.75, 3.05) is 20.2 Å². The SMILES string of the molecule is COC(=O)C(O)C1CCN(Cc2cccc(-c3ccncc3)c2)CC1. The van der Waals surface area contributed by atoms with Crippen molar-refractivity contribution in [3.05, 3.63) is 54.4 Å². The van der Waals surface area contributed by atoms with Crippen LogP contribution in [0.1, 0.15) is 18.4 Å². The van der Waals surface area contributed by atoms with E-state index in [2.05, 4.69) is 38.9 Å². The number of pyridine rings is 1. The maximum Gasteiger partial charge on any atom is 0.334 e. The first kappa shape index (κ1) is 17.6. The number of carbonyl (C=O) groups is 1. The quantitative estimate of drug-likeness (QED) is 0.848. The van der Waals surface area contributed by atoms with Crippen molar-refractivity contribution in [3.63, 3.8) is 0 Å². The number of hydrogen-bond donors (Lipinski definition) is 1. The molecular weight excluding hydrogens is 316 g/mol. The number of hydrogen-bond acceptors (Lipinski definition) is 5. The second kappa shape index (κ2) is 8.23. The Morgan fingerprint density at radius 1 is 1.24 bits per heavy atom. The maximum absolute atomic E-state index is 11.5. The normalized spacial score (nSPS) is 17.2. The van der Waals surface area contributed by atoms with Crippen LogP contribution < -0.4 is 0 Å². The highest BCUT2D eigenvalue weighted by atomic mass is 16.5. The van der Waals surface area contributed by atoms with Gasteiger partial charge in [0.1, 0.15) is 0 Å². The molecule has 25 heavy (non-hydrogen) atoms. The second-order valence-corrected chi connectivity index (χ2v) is 6.52. The van der Waals surface area contributed by atoms with Gasteiger partial charge in [-0.2, -0.15) is 0 Å². The fraction of sp³-hybridized carbons (Fsp3) is 0.400. The van der Waals surface area contributed by atoms with Gasteiger partial charge in [-0.1, -0.05) is 18.2 Å². The summed E-state index contributed by atoms with van der Waals surface area (Å²) in [5.41, 5.74) is 3.62. The highest BCUT2D eigenvalue weighted by Gasteiger charge is 2.30. The van der Waals surface area contributed by atoms with Gasteiger partial charge in [0, 0.05) is 18.9 Å². The standard InChI is InChI=1S/C20H24N2O3/c1-25-20(24)19(23)17-7-11-22(12-8-17)14-15-3-2-4-18(13-15)16-5-9-21-10-6-16/h2-6,9-10,13,17,19,23H,7-8,11-12,14H2,1H3. The van der Waals surface area contributed by atoms with Gasteiger partial charge < -0.3 is 9.84 Å². The molecule has 1 unspecified atom stereocenters. The van der Waals surface area contributed by atoms with Crippen molar-refractivity contribution in [2.24, 2.45) is 5.92 Å². The number of likely N-dealkylation sites (tertiary alicyclic amines) is 1. The number of esters is 1. The summed E-state index contributed by atoms with van der Waals surface area (Å²) in [7, 11) is 1.32. The number of aromatic nitrogens is 1. The molecule has 1 fully saturated rings. The Balaban J connectivity index is 1.58. The minimum atomic E-state index is -0.998. The lowest BCUT2D eigenvalue weighted by molar-refractivity contribution is -0.154. The molecule has 2 heterocycles. The van der Waals surface area contributed by atoms with Gasteiger partial charge in [-0.15, -0.1) is 0 Å². The average Bonchev–Trinajstić information content (AvgIpc) is 2.68. The van der Waals surface area contributed by atoms with E-state index < -0.39 is 12.1 Å². The second-order valence-electron chi connectivity index (χ2n) is 6.52. The third-order valence-electron chi connectivity index (χ3n) is 4.87. The minimum Gasteiger partial charge on any atom is -0.467 e. The van der Waals surface area contributed by atoms with Gasteiger partial charge in [0.25, 0.3) is 0 Å². The monoisotopic (exact) mass is 340 g/mol. The maximum atomic E-state index is 11.5. The van der Waals surface area contributed by atoms with Gasteiger partial charge in [0.2, 0.25) is 0 Å². The lowest BCUT2D eigenvalue weighted by Gasteiger charge is -2.33. The average molecular weight is 340 g/mol. The van der Waals surface area contributed by atoms with Gasteiger partial charge in [0.15, 0.2) is 6.10 Å². The van der Waals surface area contributed by atoms with Crippen LogP contribution in [0.5, 0.6) is 0 Å². The Labute approximate surface area is 148 Å². The van der Waals surface area contributed by atoms with Crippen LogP contribution in [0.3, 0.4) is 0 Å². The van der Waals surface area contributed by atoms with Gasteiger partial charge >= 0.3 is 5.97 Å². The fourth-order valence-electron chi connectivity index (χ4n) is 3.39. The molecule has 1 N–H and O–H groups in total. The van der Waals surface area contributed by atoms with Gasteiger partial charge in [-0.3, -0.25) is 9.88 Å². The molecule has 1 atom stereocenters. The number of nitrogens with zero attached hydrogens (tertiary/aromatic N) is 2. The lowest BCUT2D eigenvalue weighted by atomic mass is 9.91. The highest BCUT2D eigenvalue weighted by molar-refractivity contribution is 5.74. The van der Waals surface area contributed by atoms with E-state index in [-0.39, 0.29) is 5.92 Å². The Hall–Kier alpha value is -2.24. The first-order chi connectivity index (χ1) is 12.2. The van der Waals surface area contributed by atoms with Crippen LogP contribution in [0.15, 0.2) is 48.8 Å². The zero-order valence-corrected chi connectivity index (χ0v) is 14.5. The van der Waals surface area contributed by atoms with Crippen LogP contribution in [0.25, 0.3) is 11.1 Å². The van der Waals surface area contributed by atoms with Crippen molar-refractivity contribution in [3.8, 4) is 11.1 Å². The molecule has 1 aromatic carbocycles. The van der Waals surface area contributed by atoms with Crippen molar-refractivity contribution in [2.45, 2.75) is 25.5 Å². The van der Waals surface area contributed by atoms with Crippen molar-refractivity contribution < 1.29 is 14.6 Å². The van der Waals surface area contributed by atoms with Crippen LogP contribution in [0.4, 0.5) is 0 Å². The van der Waals surface area contributed by atoms with Gasteiger partial charge in [-0.05, 0) is 66.7 Å². The molecule has 3 rings (SSSR count). The first-order valence-corrected chi connectivity index (χ1v) is 8.65. The van der Waals surface area contributed by atoms with E-state index in [0.717, 1.165) is 38.0 Å². The van der Waals surface area contributed by atoms with Crippen LogP contribution in [0, 0.1) is 5.92 Å². The third kappa shape index (κ3) is 4.44. The van der Waals surface area contributed by atoms with E-state index in [1.807, 2.05) is 12.1 Å². The molecule has 0 spiro atoms. The molecule has 5 heteroatoms. The van der Waals surface area contributed by atoms with Crippen molar-refractivity contribution in [1.82, 2.24) is 9.88 Å². The van der Waals surface area contributed by atoms with Crippen LogP contribution in [-0.2, 0) is 16.1 Å². The van der Waals surface area contributed by atoms with Crippen molar-refractivity contribution >= 4 is 5.97 Å². The Bertz CT molecular complexity index is 697. The number of benzene rings is 1. The number of aliphatic hydroxyl groups excluding tert-OH is 1. The molecule has 5 nitrogen and oxygen atoms in total. The molecule has 0 aliphatic carbocycles. The highest BCUT2D eigenvalue weighted by Crippen LogP contribution is 2.24. The minimum absolute atomic E-state index is 0.00754. The molecule has 1 aromatic heterocycles. The molecule has 0 saturated carbocycles. The Morgan fingerprint density at radius 3 is 2.64 bits per heavy atom. The number of methoxy groups -OCH3 is 1. The van der Waals surface area contributed by atoms with Gasteiger partial charge in [0.05, 0.1) is 7.11 Å². The van der Waals surface area contributed by atoms with Crippen molar-refractivity contribution in [1.29, 1.82) is 0 Å². The molecule has 0 bridgehead atoms. The van der Waals surface area contributed by atoms with E-state index in [1.165, 1.54) is 18.2 Å². The Morgan fingerprint density at radius 2 is 1.96 bits per heavy atom. The summed E-state index contributed by atoms with van der Waals surface area (Å²) in [5.74, 6) is -0.532. The summed E-state index contributed by atoms with van der Waals surface area (Å²) in [4.78, 5) is 17.9. The number of piperidine rings is 1. The molecule has 1 saturated heterocycles. The summed E-state index contributed by atoms with van der Waals surface area (Å²) < 4.78 is 4.64. The van der Waals surface area contributed by atoms with Gasteiger partial charge in [-0.25, -0.2) is 4.79 Å². The third-order valence-corrected chi connectivity index (χ3v) is 4.87.